The number of benzene rings is 2. The predicted molar refractivity (Wildman–Crippen MR) is 117 cm³/mol. The number of carbonyl (C=O) groups is 2. The van der Waals surface area contributed by atoms with Crippen molar-refractivity contribution in [3.63, 3.8) is 0 Å². The first kappa shape index (κ1) is 22.9. The van der Waals surface area contributed by atoms with Crippen LogP contribution in [0.1, 0.15) is 44.0 Å². The number of hydrogen-bond donors (Lipinski definition) is 1. The molecule has 1 heterocycles. The Hall–Kier alpha value is -2.80. The number of hydrogen-bond acceptors (Lipinski definition) is 4. The number of likely N-dealkylation sites (tertiary alicyclic amines) is 1. The molecule has 0 aliphatic carbocycles. The SMILES string of the molecule is CC(C)(C)OC(=O)N1CCC(Oc2cccc(NC(=O)c3c(F)cccc3Cl)c2)CC1. The maximum Gasteiger partial charge on any atom is 0.410 e. The summed E-state index contributed by atoms with van der Waals surface area (Å²) >= 11 is 5.96. The van der Waals surface area contributed by atoms with E-state index in [1.807, 2.05) is 20.8 Å². The summed E-state index contributed by atoms with van der Waals surface area (Å²) in [5, 5.41) is 2.69. The van der Waals surface area contributed by atoms with Crippen LogP contribution in [0.25, 0.3) is 0 Å². The first-order chi connectivity index (χ1) is 14.6. The molecule has 0 unspecified atom stereocenters. The summed E-state index contributed by atoms with van der Waals surface area (Å²) in [6.07, 6.45) is 0.953. The number of piperidine rings is 1. The standard InChI is InChI=1S/C23H26ClFN2O4/c1-23(2,3)31-22(29)27-12-10-16(11-13-27)30-17-7-4-6-15(14-17)26-21(28)20-18(24)8-5-9-19(20)25/h4-9,14,16H,10-13H2,1-3H3,(H,26,28). The Kier molecular flexibility index (Phi) is 7.05. The molecule has 1 saturated heterocycles. The number of nitrogens with one attached hydrogen (secondary N) is 1. The number of halogens is 2. The molecule has 0 aromatic heterocycles. The normalized spacial score (nSPS) is 14.8. The minimum Gasteiger partial charge on any atom is -0.490 e. The molecule has 1 N–H and O–H groups in total. The Morgan fingerprint density at radius 3 is 2.45 bits per heavy atom. The third-order valence-corrected chi connectivity index (χ3v) is 4.99. The molecule has 6 nitrogen and oxygen atoms in total. The molecule has 2 aromatic carbocycles. The third-order valence-electron chi connectivity index (χ3n) is 4.68. The van der Waals surface area contributed by atoms with Crippen LogP contribution in [0.3, 0.4) is 0 Å². The Morgan fingerprint density at radius 2 is 1.81 bits per heavy atom. The van der Waals surface area contributed by atoms with Crippen molar-refractivity contribution in [3.8, 4) is 5.75 Å². The summed E-state index contributed by atoms with van der Waals surface area (Å²) in [4.78, 5) is 26.3. The molecule has 0 bridgehead atoms. The highest BCUT2D eigenvalue weighted by molar-refractivity contribution is 6.34. The lowest BCUT2D eigenvalue weighted by molar-refractivity contribution is 0.0126. The van der Waals surface area contributed by atoms with Crippen molar-refractivity contribution in [2.45, 2.75) is 45.3 Å². The second-order valence-corrected chi connectivity index (χ2v) is 8.77. The first-order valence-electron chi connectivity index (χ1n) is 10.1. The van der Waals surface area contributed by atoms with Gasteiger partial charge in [-0.15, -0.1) is 0 Å². The predicted octanol–water partition coefficient (Wildman–Crippen LogP) is 5.51. The van der Waals surface area contributed by atoms with Crippen molar-refractivity contribution in [3.05, 3.63) is 58.9 Å². The summed E-state index contributed by atoms with van der Waals surface area (Å²) in [6, 6.07) is 11.0. The van der Waals surface area contributed by atoms with Crippen LogP contribution in [-0.2, 0) is 4.74 Å². The van der Waals surface area contributed by atoms with Gasteiger partial charge in [-0.1, -0.05) is 23.7 Å². The van der Waals surface area contributed by atoms with Gasteiger partial charge >= 0.3 is 6.09 Å². The molecule has 31 heavy (non-hydrogen) atoms. The smallest absolute Gasteiger partial charge is 0.410 e. The highest BCUT2D eigenvalue weighted by atomic mass is 35.5. The molecule has 0 spiro atoms. The van der Waals surface area contributed by atoms with Crippen molar-refractivity contribution in [1.82, 2.24) is 4.90 Å². The monoisotopic (exact) mass is 448 g/mol. The van der Waals surface area contributed by atoms with E-state index in [0.717, 1.165) is 0 Å². The fourth-order valence-corrected chi connectivity index (χ4v) is 3.48. The van der Waals surface area contributed by atoms with Crippen LogP contribution in [-0.4, -0.2) is 41.7 Å². The van der Waals surface area contributed by atoms with Crippen LogP contribution in [0.15, 0.2) is 42.5 Å². The molecular weight excluding hydrogens is 423 g/mol. The van der Waals surface area contributed by atoms with Crippen molar-refractivity contribution >= 4 is 29.3 Å². The van der Waals surface area contributed by atoms with Crippen LogP contribution in [0.5, 0.6) is 5.75 Å². The third kappa shape index (κ3) is 6.34. The second-order valence-electron chi connectivity index (χ2n) is 8.36. The zero-order valence-corrected chi connectivity index (χ0v) is 18.5. The molecular formula is C23H26ClFN2O4. The van der Waals surface area contributed by atoms with E-state index in [1.165, 1.54) is 18.2 Å². The maximum atomic E-state index is 14.0. The minimum atomic E-state index is -0.686. The van der Waals surface area contributed by atoms with E-state index < -0.39 is 17.3 Å². The lowest BCUT2D eigenvalue weighted by Crippen LogP contribution is -2.44. The molecule has 2 aromatic rings. The van der Waals surface area contributed by atoms with E-state index >= 15 is 0 Å². The zero-order valence-electron chi connectivity index (χ0n) is 17.8. The van der Waals surface area contributed by atoms with Crippen LogP contribution < -0.4 is 10.1 Å². The summed E-state index contributed by atoms with van der Waals surface area (Å²) in [5.74, 6) is -0.742. The molecule has 166 valence electrons. The largest absolute Gasteiger partial charge is 0.490 e. The molecule has 1 aliphatic heterocycles. The van der Waals surface area contributed by atoms with Gasteiger partial charge in [-0.25, -0.2) is 9.18 Å². The molecule has 3 rings (SSSR count). The van der Waals surface area contributed by atoms with Crippen molar-refractivity contribution in [2.75, 3.05) is 18.4 Å². The average Bonchev–Trinajstić information content (AvgIpc) is 2.67. The van der Waals surface area contributed by atoms with Gasteiger partial charge in [0.2, 0.25) is 0 Å². The van der Waals surface area contributed by atoms with Crippen LogP contribution in [0, 0.1) is 5.82 Å². The van der Waals surface area contributed by atoms with E-state index in [4.69, 9.17) is 21.1 Å². The number of nitrogens with zero attached hydrogens (tertiary/aromatic N) is 1. The lowest BCUT2D eigenvalue weighted by Gasteiger charge is -2.33. The van der Waals surface area contributed by atoms with Crippen LogP contribution in [0.4, 0.5) is 14.9 Å². The van der Waals surface area contributed by atoms with Gasteiger partial charge in [0.15, 0.2) is 0 Å². The quantitative estimate of drug-likeness (QED) is 0.669. The fraction of sp³-hybridized carbons (Fsp3) is 0.391. The highest BCUT2D eigenvalue weighted by Crippen LogP contribution is 2.25. The number of carbonyl (C=O) groups excluding carboxylic acids is 2. The van der Waals surface area contributed by atoms with Crippen molar-refractivity contribution in [1.29, 1.82) is 0 Å². The van der Waals surface area contributed by atoms with Crippen LogP contribution in [0.2, 0.25) is 5.02 Å². The van der Waals surface area contributed by atoms with E-state index in [-0.39, 0.29) is 22.8 Å². The summed E-state index contributed by atoms with van der Waals surface area (Å²) in [7, 11) is 0. The number of amides is 2. The van der Waals surface area contributed by atoms with Crippen LogP contribution >= 0.6 is 11.6 Å². The van der Waals surface area contributed by atoms with Gasteiger partial charge in [0.1, 0.15) is 23.3 Å². The Balaban J connectivity index is 1.57. The Morgan fingerprint density at radius 1 is 1.13 bits per heavy atom. The summed E-state index contributed by atoms with van der Waals surface area (Å²) in [6.45, 7) is 6.61. The molecule has 0 radical (unpaired) electrons. The number of ether oxygens (including phenoxy) is 2. The van der Waals surface area contributed by atoms with E-state index in [2.05, 4.69) is 5.32 Å². The molecule has 1 fully saturated rings. The summed E-state index contributed by atoms with van der Waals surface area (Å²) < 4.78 is 25.4. The molecule has 1 aliphatic rings. The lowest BCUT2D eigenvalue weighted by atomic mass is 10.1. The molecule has 2 amide bonds. The fourth-order valence-electron chi connectivity index (χ4n) is 3.23. The number of anilines is 1. The number of rotatable bonds is 4. The van der Waals surface area contributed by atoms with E-state index in [1.54, 1.807) is 29.2 Å². The van der Waals surface area contributed by atoms with E-state index in [0.29, 0.717) is 37.4 Å². The minimum absolute atomic E-state index is 0.0432. The van der Waals surface area contributed by atoms with Crippen molar-refractivity contribution < 1.29 is 23.5 Å². The Bertz CT molecular complexity index is 933. The topological polar surface area (TPSA) is 67.9 Å². The van der Waals surface area contributed by atoms with Gasteiger partial charge in [0.25, 0.3) is 5.91 Å². The highest BCUT2D eigenvalue weighted by Gasteiger charge is 2.27. The average molecular weight is 449 g/mol. The van der Waals surface area contributed by atoms with Gasteiger partial charge in [-0.05, 0) is 45.0 Å². The first-order valence-corrected chi connectivity index (χ1v) is 10.5. The summed E-state index contributed by atoms with van der Waals surface area (Å²) in [5.41, 5.74) is -0.264. The van der Waals surface area contributed by atoms with Gasteiger partial charge in [-0.3, -0.25) is 4.79 Å². The Labute approximate surface area is 186 Å². The zero-order chi connectivity index (χ0) is 22.6. The van der Waals surface area contributed by atoms with Gasteiger partial charge in [0, 0.05) is 37.7 Å². The van der Waals surface area contributed by atoms with Gasteiger partial charge < -0.3 is 19.7 Å². The molecule has 0 atom stereocenters. The maximum absolute atomic E-state index is 14.0. The van der Waals surface area contributed by atoms with Crippen molar-refractivity contribution in [2.24, 2.45) is 0 Å². The van der Waals surface area contributed by atoms with Gasteiger partial charge in [-0.2, -0.15) is 0 Å². The molecule has 0 saturated carbocycles. The second kappa shape index (κ2) is 9.56. The van der Waals surface area contributed by atoms with Gasteiger partial charge in [0.05, 0.1) is 10.6 Å². The van der Waals surface area contributed by atoms with E-state index in [9.17, 15) is 14.0 Å². The molecule has 8 heteroatoms.